The molecule has 1 aliphatic rings. The highest BCUT2D eigenvalue weighted by molar-refractivity contribution is 9.09. The second-order valence-corrected chi connectivity index (χ2v) is 6.43. The number of hydrogen-bond donors (Lipinski definition) is 1. The van der Waals surface area contributed by atoms with Crippen molar-refractivity contribution in [2.45, 2.75) is 11.2 Å². The van der Waals surface area contributed by atoms with E-state index in [9.17, 15) is 4.79 Å². The summed E-state index contributed by atoms with van der Waals surface area (Å²) in [7, 11) is 0. The molecule has 0 fully saturated rings. The van der Waals surface area contributed by atoms with Crippen LogP contribution in [0.5, 0.6) is 0 Å². The summed E-state index contributed by atoms with van der Waals surface area (Å²) in [6.07, 6.45) is 0.398. The molecule has 0 aliphatic carbocycles. The Morgan fingerprint density at radius 1 is 1.20 bits per heavy atom. The number of carbonyl (C=O) groups is 1. The van der Waals surface area contributed by atoms with Crippen LogP contribution in [-0.4, -0.2) is 5.91 Å². The molecule has 1 heterocycles. The van der Waals surface area contributed by atoms with Gasteiger partial charge in [-0.3, -0.25) is 4.79 Å². The van der Waals surface area contributed by atoms with Crippen molar-refractivity contribution in [1.29, 1.82) is 0 Å². The van der Waals surface area contributed by atoms with Crippen molar-refractivity contribution >= 4 is 50.7 Å². The Morgan fingerprint density at radius 2 is 2.00 bits per heavy atom. The first-order chi connectivity index (χ1) is 9.54. The van der Waals surface area contributed by atoms with Gasteiger partial charge in [0.05, 0.1) is 11.2 Å². The molecule has 1 N–H and O–H groups in total. The van der Waals surface area contributed by atoms with Gasteiger partial charge in [-0.25, -0.2) is 0 Å². The van der Waals surface area contributed by atoms with Gasteiger partial charge in [-0.15, -0.1) is 0 Å². The summed E-state index contributed by atoms with van der Waals surface area (Å²) >= 11 is 16.0. The zero-order valence-corrected chi connectivity index (χ0v) is 13.4. The van der Waals surface area contributed by atoms with Crippen molar-refractivity contribution < 1.29 is 4.79 Å². The molecule has 102 valence electrons. The molecular weight excluding hydrogens is 361 g/mol. The molecule has 0 saturated carbocycles. The smallest absolute Gasteiger partial charge is 0.228 e. The summed E-state index contributed by atoms with van der Waals surface area (Å²) in [6.45, 7) is 0. The molecule has 1 unspecified atom stereocenters. The Bertz CT molecular complexity index is 702. The zero-order valence-electron chi connectivity index (χ0n) is 10.3. The van der Waals surface area contributed by atoms with Crippen LogP contribution in [0.2, 0.25) is 10.0 Å². The lowest BCUT2D eigenvalue weighted by Gasteiger charge is -2.14. The summed E-state index contributed by atoms with van der Waals surface area (Å²) in [5.41, 5.74) is 3.73. The second-order valence-electron chi connectivity index (χ2n) is 4.67. The minimum absolute atomic E-state index is 0.00194. The van der Waals surface area contributed by atoms with Crippen LogP contribution >= 0.6 is 39.1 Å². The largest absolute Gasteiger partial charge is 0.325 e. The normalized spacial score (nSPS) is 14.8. The number of benzene rings is 2. The van der Waals surface area contributed by atoms with Gasteiger partial charge in [0.25, 0.3) is 0 Å². The number of alkyl halides is 1. The van der Waals surface area contributed by atoms with E-state index in [1.54, 1.807) is 6.07 Å². The third kappa shape index (κ3) is 2.58. The lowest BCUT2D eigenvalue weighted by molar-refractivity contribution is -0.115. The molecule has 0 aromatic heterocycles. The van der Waals surface area contributed by atoms with Gasteiger partial charge >= 0.3 is 0 Å². The van der Waals surface area contributed by atoms with E-state index in [0.717, 1.165) is 22.4 Å². The van der Waals surface area contributed by atoms with Gasteiger partial charge in [0.2, 0.25) is 5.91 Å². The highest BCUT2D eigenvalue weighted by Crippen LogP contribution is 2.39. The van der Waals surface area contributed by atoms with Crippen LogP contribution in [-0.2, 0) is 11.2 Å². The monoisotopic (exact) mass is 369 g/mol. The second kappa shape index (κ2) is 5.40. The first kappa shape index (κ1) is 13.9. The average molecular weight is 371 g/mol. The molecule has 2 aromatic rings. The number of rotatable bonds is 2. The summed E-state index contributed by atoms with van der Waals surface area (Å²) in [6, 6.07) is 11.4. The molecule has 1 aliphatic heterocycles. The fourth-order valence-electron chi connectivity index (χ4n) is 2.31. The van der Waals surface area contributed by atoms with Crippen molar-refractivity contribution in [3.05, 3.63) is 63.1 Å². The Labute approximate surface area is 135 Å². The Kier molecular flexibility index (Phi) is 3.76. The first-order valence-corrected chi connectivity index (χ1v) is 7.73. The van der Waals surface area contributed by atoms with Gasteiger partial charge in [0.15, 0.2) is 0 Å². The molecule has 5 heteroatoms. The fraction of sp³-hybridized carbons (Fsp3) is 0.133. The van der Waals surface area contributed by atoms with Gasteiger partial charge in [0.1, 0.15) is 0 Å². The summed E-state index contributed by atoms with van der Waals surface area (Å²) in [4.78, 5) is 11.4. The summed E-state index contributed by atoms with van der Waals surface area (Å²) < 4.78 is 0. The summed E-state index contributed by atoms with van der Waals surface area (Å²) in [5, 5.41) is 4.09. The van der Waals surface area contributed by atoms with Gasteiger partial charge in [0, 0.05) is 15.7 Å². The van der Waals surface area contributed by atoms with E-state index in [1.807, 2.05) is 30.3 Å². The van der Waals surface area contributed by atoms with Crippen LogP contribution in [0.1, 0.15) is 21.5 Å². The molecule has 3 rings (SSSR count). The molecular formula is C15H10BrCl2NO. The van der Waals surface area contributed by atoms with Crippen molar-refractivity contribution in [2.24, 2.45) is 0 Å². The molecule has 1 amide bonds. The highest BCUT2D eigenvalue weighted by atomic mass is 79.9. The van der Waals surface area contributed by atoms with E-state index < -0.39 is 0 Å². The van der Waals surface area contributed by atoms with Crippen LogP contribution in [0.25, 0.3) is 0 Å². The maximum atomic E-state index is 11.4. The Hall–Kier alpha value is -1.03. The third-order valence-corrected chi connectivity index (χ3v) is 4.85. The minimum atomic E-state index is -0.0605. The Morgan fingerprint density at radius 3 is 2.75 bits per heavy atom. The SMILES string of the molecule is O=C1Cc2cc(C(Br)c3cccc(Cl)c3)c(Cl)cc2N1. The van der Waals surface area contributed by atoms with Crippen LogP contribution in [0.15, 0.2) is 36.4 Å². The predicted molar refractivity (Wildman–Crippen MR) is 86.0 cm³/mol. The maximum Gasteiger partial charge on any atom is 0.228 e. The molecule has 20 heavy (non-hydrogen) atoms. The van der Waals surface area contributed by atoms with Crippen molar-refractivity contribution in [1.82, 2.24) is 0 Å². The van der Waals surface area contributed by atoms with E-state index in [4.69, 9.17) is 23.2 Å². The summed E-state index contributed by atoms with van der Waals surface area (Å²) in [5.74, 6) is 0.00194. The third-order valence-electron chi connectivity index (χ3n) is 3.26. The maximum absolute atomic E-state index is 11.4. The van der Waals surface area contributed by atoms with E-state index >= 15 is 0 Å². The standard InChI is InChI=1S/C15H10BrCl2NO/c16-15(8-2-1-3-10(17)4-8)11-5-9-6-14(20)19-13(9)7-12(11)18/h1-5,7,15H,6H2,(H,19,20). The van der Waals surface area contributed by atoms with Crippen molar-refractivity contribution in [3.63, 3.8) is 0 Å². The van der Waals surface area contributed by atoms with E-state index in [2.05, 4.69) is 21.2 Å². The van der Waals surface area contributed by atoms with Crippen LogP contribution in [0.3, 0.4) is 0 Å². The first-order valence-electron chi connectivity index (χ1n) is 6.06. The molecule has 0 spiro atoms. The van der Waals surface area contributed by atoms with Gasteiger partial charge < -0.3 is 5.32 Å². The van der Waals surface area contributed by atoms with E-state index in [1.165, 1.54) is 0 Å². The number of fused-ring (bicyclic) bond motifs is 1. The Balaban J connectivity index is 2.02. The number of anilines is 1. The van der Waals surface area contributed by atoms with E-state index in [0.29, 0.717) is 16.5 Å². The highest BCUT2D eigenvalue weighted by Gasteiger charge is 2.22. The van der Waals surface area contributed by atoms with Crippen LogP contribution < -0.4 is 5.32 Å². The average Bonchev–Trinajstić information content (AvgIpc) is 2.76. The number of amides is 1. The molecule has 0 bridgehead atoms. The van der Waals surface area contributed by atoms with Crippen LogP contribution in [0.4, 0.5) is 5.69 Å². The number of hydrogen-bond acceptors (Lipinski definition) is 1. The van der Waals surface area contributed by atoms with Gasteiger partial charge in [-0.1, -0.05) is 57.3 Å². The topological polar surface area (TPSA) is 29.1 Å². The molecule has 2 nitrogen and oxygen atoms in total. The lowest BCUT2D eigenvalue weighted by atomic mass is 10.0. The quantitative estimate of drug-likeness (QED) is 0.742. The van der Waals surface area contributed by atoms with Gasteiger partial charge in [-0.05, 0) is 34.9 Å². The molecule has 2 aromatic carbocycles. The van der Waals surface area contributed by atoms with E-state index in [-0.39, 0.29) is 10.7 Å². The molecule has 0 radical (unpaired) electrons. The number of carbonyl (C=O) groups excluding carboxylic acids is 1. The minimum Gasteiger partial charge on any atom is -0.325 e. The van der Waals surface area contributed by atoms with Gasteiger partial charge in [-0.2, -0.15) is 0 Å². The molecule has 0 saturated heterocycles. The fourth-order valence-corrected chi connectivity index (χ4v) is 3.57. The lowest BCUT2D eigenvalue weighted by Crippen LogP contribution is -2.03. The van der Waals surface area contributed by atoms with Crippen LogP contribution in [0, 0.1) is 0 Å². The molecule has 1 atom stereocenters. The predicted octanol–water partition coefficient (Wildman–Crippen LogP) is 4.97. The number of halogens is 3. The zero-order chi connectivity index (χ0) is 14.3. The number of nitrogens with one attached hydrogen (secondary N) is 1. The van der Waals surface area contributed by atoms with Crippen molar-refractivity contribution in [3.8, 4) is 0 Å². The van der Waals surface area contributed by atoms with Crippen molar-refractivity contribution in [2.75, 3.05) is 5.32 Å².